The van der Waals surface area contributed by atoms with Crippen LogP contribution in [0, 0.1) is 5.41 Å². The van der Waals surface area contributed by atoms with Crippen LogP contribution in [0.1, 0.15) is 51.4 Å². The molecule has 2 aliphatic heterocycles. The molecule has 17 heavy (non-hydrogen) atoms. The smallest absolute Gasteiger partial charge is 0.00385 e. The van der Waals surface area contributed by atoms with Gasteiger partial charge in [-0.25, -0.2) is 0 Å². The van der Waals surface area contributed by atoms with Crippen molar-refractivity contribution in [2.75, 3.05) is 39.3 Å². The van der Waals surface area contributed by atoms with Crippen molar-refractivity contribution >= 4 is 0 Å². The van der Waals surface area contributed by atoms with Gasteiger partial charge in [0.25, 0.3) is 0 Å². The second-order valence-electron chi connectivity index (χ2n) is 6.64. The van der Waals surface area contributed by atoms with E-state index in [1.807, 2.05) is 0 Å². The fraction of sp³-hybridized carbons (Fsp3) is 1.00. The van der Waals surface area contributed by atoms with Crippen LogP contribution in [0.2, 0.25) is 0 Å². The second-order valence-corrected chi connectivity index (χ2v) is 6.64. The lowest BCUT2D eigenvalue weighted by Crippen LogP contribution is -2.29. The molecule has 2 heteroatoms. The molecule has 2 heterocycles. The van der Waals surface area contributed by atoms with Crippen LogP contribution in [0.25, 0.3) is 0 Å². The molecule has 1 spiro atoms. The summed E-state index contributed by atoms with van der Waals surface area (Å²) in [6.45, 7) is 8.25. The third-order valence-corrected chi connectivity index (χ3v) is 5.33. The number of nitrogens with zero attached hydrogens (tertiary/aromatic N) is 2. The van der Waals surface area contributed by atoms with E-state index in [1.54, 1.807) is 0 Å². The molecule has 0 unspecified atom stereocenters. The van der Waals surface area contributed by atoms with E-state index < -0.39 is 0 Å². The zero-order valence-corrected chi connectivity index (χ0v) is 11.3. The summed E-state index contributed by atoms with van der Waals surface area (Å²) in [4.78, 5) is 5.41. The predicted octanol–water partition coefficient (Wildman–Crippen LogP) is 2.74. The Labute approximate surface area is 106 Å². The maximum atomic E-state index is 2.75. The van der Waals surface area contributed by atoms with Crippen LogP contribution in [0.5, 0.6) is 0 Å². The fourth-order valence-electron chi connectivity index (χ4n) is 4.28. The minimum absolute atomic E-state index is 0.771. The molecule has 3 aliphatic rings. The Balaban J connectivity index is 1.36. The third kappa shape index (κ3) is 2.85. The molecule has 0 radical (unpaired) electrons. The highest BCUT2D eigenvalue weighted by atomic mass is 15.2. The fourth-order valence-corrected chi connectivity index (χ4v) is 4.28. The van der Waals surface area contributed by atoms with Gasteiger partial charge in [0.15, 0.2) is 0 Å². The first-order valence-corrected chi connectivity index (χ1v) is 7.81. The third-order valence-electron chi connectivity index (χ3n) is 5.33. The van der Waals surface area contributed by atoms with Crippen molar-refractivity contribution in [1.82, 2.24) is 9.80 Å². The molecule has 0 aromatic rings. The van der Waals surface area contributed by atoms with Crippen LogP contribution in [0.3, 0.4) is 0 Å². The summed E-state index contributed by atoms with van der Waals surface area (Å²) in [5.41, 5.74) is 0.771. The Morgan fingerprint density at radius 1 is 0.706 bits per heavy atom. The molecule has 0 atom stereocenters. The van der Waals surface area contributed by atoms with Gasteiger partial charge in [0, 0.05) is 6.54 Å². The second kappa shape index (κ2) is 5.27. The van der Waals surface area contributed by atoms with Crippen molar-refractivity contribution < 1.29 is 0 Å². The van der Waals surface area contributed by atoms with Crippen molar-refractivity contribution in [1.29, 1.82) is 0 Å². The molecule has 3 fully saturated rings. The van der Waals surface area contributed by atoms with Gasteiger partial charge in [0.2, 0.25) is 0 Å². The van der Waals surface area contributed by atoms with Crippen LogP contribution < -0.4 is 0 Å². The van der Waals surface area contributed by atoms with Gasteiger partial charge in [0.05, 0.1) is 0 Å². The van der Waals surface area contributed by atoms with E-state index in [2.05, 4.69) is 9.80 Å². The Morgan fingerprint density at radius 3 is 2.18 bits per heavy atom. The Morgan fingerprint density at radius 2 is 1.41 bits per heavy atom. The highest BCUT2D eigenvalue weighted by Crippen LogP contribution is 2.45. The summed E-state index contributed by atoms with van der Waals surface area (Å²) >= 11 is 0. The van der Waals surface area contributed by atoms with Gasteiger partial charge in [-0.3, -0.25) is 0 Å². The quantitative estimate of drug-likeness (QED) is 0.740. The normalized spacial score (nSPS) is 29.6. The monoisotopic (exact) mass is 236 g/mol. The van der Waals surface area contributed by atoms with Gasteiger partial charge in [-0.1, -0.05) is 12.8 Å². The number of rotatable bonds is 4. The van der Waals surface area contributed by atoms with Crippen molar-refractivity contribution in [2.45, 2.75) is 51.4 Å². The van der Waals surface area contributed by atoms with Crippen molar-refractivity contribution in [3.63, 3.8) is 0 Å². The van der Waals surface area contributed by atoms with E-state index in [1.165, 1.54) is 90.6 Å². The minimum atomic E-state index is 0.771. The van der Waals surface area contributed by atoms with Crippen LogP contribution in [-0.4, -0.2) is 49.1 Å². The summed E-state index contributed by atoms with van der Waals surface area (Å²) < 4.78 is 0. The van der Waals surface area contributed by atoms with E-state index in [-0.39, 0.29) is 0 Å². The van der Waals surface area contributed by atoms with E-state index in [9.17, 15) is 0 Å². The van der Waals surface area contributed by atoms with Crippen LogP contribution >= 0.6 is 0 Å². The summed E-state index contributed by atoms with van der Waals surface area (Å²) in [5.74, 6) is 0. The number of hydrogen-bond acceptors (Lipinski definition) is 2. The average Bonchev–Trinajstić information content (AvgIpc) is 3.04. The minimum Gasteiger partial charge on any atom is -0.303 e. The SMILES string of the molecule is C1CCN(CCCN2CCC3(CCCC3)C2)C1. The lowest BCUT2D eigenvalue weighted by molar-refractivity contribution is 0.243. The molecule has 0 aromatic carbocycles. The Hall–Kier alpha value is -0.0800. The molecule has 0 aromatic heterocycles. The summed E-state index contributed by atoms with van der Waals surface area (Å²) in [7, 11) is 0. The maximum absolute atomic E-state index is 2.75. The first-order chi connectivity index (χ1) is 8.36. The van der Waals surface area contributed by atoms with Gasteiger partial charge in [0.1, 0.15) is 0 Å². The molecule has 2 nitrogen and oxygen atoms in total. The first-order valence-electron chi connectivity index (χ1n) is 7.81. The van der Waals surface area contributed by atoms with Gasteiger partial charge in [-0.15, -0.1) is 0 Å². The standard InChI is InChI=1S/C15H28N2/c1-2-7-15(6-1)8-13-17(14-15)12-5-11-16-9-3-4-10-16/h1-14H2. The van der Waals surface area contributed by atoms with E-state index in [0.717, 1.165) is 5.41 Å². The van der Waals surface area contributed by atoms with Gasteiger partial charge < -0.3 is 9.80 Å². The summed E-state index contributed by atoms with van der Waals surface area (Å²) in [6.07, 6.45) is 11.8. The van der Waals surface area contributed by atoms with Gasteiger partial charge in [-0.2, -0.15) is 0 Å². The number of hydrogen-bond donors (Lipinski definition) is 0. The highest BCUT2D eigenvalue weighted by molar-refractivity contribution is 4.93. The molecule has 1 saturated carbocycles. The van der Waals surface area contributed by atoms with Crippen molar-refractivity contribution in [3.05, 3.63) is 0 Å². The molecular weight excluding hydrogens is 208 g/mol. The van der Waals surface area contributed by atoms with Crippen molar-refractivity contribution in [2.24, 2.45) is 5.41 Å². The zero-order valence-electron chi connectivity index (χ0n) is 11.3. The Bertz CT molecular complexity index is 239. The van der Waals surface area contributed by atoms with E-state index in [4.69, 9.17) is 0 Å². The molecule has 2 saturated heterocycles. The summed E-state index contributed by atoms with van der Waals surface area (Å²) in [5, 5.41) is 0. The molecule has 0 amide bonds. The van der Waals surface area contributed by atoms with E-state index >= 15 is 0 Å². The molecule has 0 N–H and O–H groups in total. The molecule has 98 valence electrons. The van der Waals surface area contributed by atoms with E-state index in [0.29, 0.717) is 0 Å². The lowest BCUT2D eigenvalue weighted by Gasteiger charge is -2.24. The Kier molecular flexibility index (Phi) is 3.72. The van der Waals surface area contributed by atoms with Crippen LogP contribution in [-0.2, 0) is 0 Å². The molecule has 0 bridgehead atoms. The first kappa shape index (κ1) is 12.0. The number of likely N-dealkylation sites (tertiary alicyclic amines) is 2. The topological polar surface area (TPSA) is 6.48 Å². The molecule has 3 rings (SSSR count). The molecule has 1 aliphatic carbocycles. The van der Waals surface area contributed by atoms with Gasteiger partial charge in [-0.05, 0) is 76.7 Å². The van der Waals surface area contributed by atoms with Crippen LogP contribution in [0.15, 0.2) is 0 Å². The zero-order chi connectivity index (χ0) is 11.6. The maximum Gasteiger partial charge on any atom is 0.00385 e. The highest BCUT2D eigenvalue weighted by Gasteiger charge is 2.39. The van der Waals surface area contributed by atoms with Crippen molar-refractivity contribution in [3.8, 4) is 0 Å². The summed E-state index contributed by atoms with van der Waals surface area (Å²) in [6, 6.07) is 0. The lowest BCUT2D eigenvalue weighted by atomic mass is 9.86. The predicted molar refractivity (Wildman–Crippen MR) is 72.2 cm³/mol. The average molecular weight is 236 g/mol. The largest absolute Gasteiger partial charge is 0.303 e. The van der Waals surface area contributed by atoms with Crippen LogP contribution in [0.4, 0.5) is 0 Å². The van der Waals surface area contributed by atoms with Gasteiger partial charge >= 0.3 is 0 Å². The molecular formula is C15H28N2.